The Hall–Kier alpha value is -1.36. The molecule has 0 aliphatic carbocycles. The van der Waals surface area contributed by atoms with Crippen molar-refractivity contribution in [1.82, 2.24) is 4.90 Å². The van der Waals surface area contributed by atoms with Crippen LogP contribution in [0.25, 0.3) is 6.08 Å². The number of rotatable bonds is 6. The van der Waals surface area contributed by atoms with Gasteiger partial charge in [-0.25, -0.2) is 0 Å². The lowest BCUT2D eigenvalue weighted by Gasteiger charge is -2.18. The lowest BCUT2D eigenvalue weighted by Crippen LogP contribution is -2.34. The van der Waals surface area contributed by atoms with Gasteiger partial charge in [0.05, 0.1) is 13.2 Å². The monoisotopic (exact) mass is 269 g/mol. The van der Waals surface area contributed by atoms with Crippen LogP contribution in [0.1, 0.15) is 5.56 Å². The highest BCUT2D eigenvalue weighted by atomic mass is 35.5. The minimum absolute atomic E-state index is 0.124. The third-order valence-corrected chi connectivity index (χ3v) is 2.59. The maximum atomic E-state index is 11.8. The molecule has 0 aliphatic heterocycles. The van der Waals surface area contributed by atoms with Crippen molar-refractivity contribution in [3.05, 3.63) is 40.9 Å². The third-order valence-electron chi connectivity index (χ3n) is 2.34. The number of carbonyl (C=O) groups excluding carboxylic acids is 1. The molecule has 5 heteroatoms. The van der Waals surface area contributed by atoms with Crippen molar-refractivity contribution >= 4 is 23.6 Å². The van der Waals surface area contributed by atoms with Gasteiger partial charge in [0.1, 0.15) is 0 Å². The van der Waals surface area contributed by atoms with E-state index in [0.29, 0.717) is 5.02 Å². The lowest BCUT2D eigenvalue weighted by molar-refractivity contribution is -0.126. The summed E-state index contributed by atoms with van der Waals surface area (Å²) >= 11 is 5.75. The first kappa shape index (κ1) is 14.7. The number of hydrogen-bond acceptors (Lipinski definition) is 3. The Morgan fingerprint density at radius 3 is 2.22 bits per heavy atom. The van der Waals surface area contributed by atoms with Gasteiger partial charge in [0.15, 0.2) is 0 Å². The fourth-order valence-corrected chi connectivity index (χ4v) is 1.55. The van der Waals surface area contributed by atoms with Crippen molar-refractivity contribution in [1.29, 1.82) is 0 Å². The van der Waals surface area contributed by atoms with Gasteiger partial charge < -0.3 is 15.1 Å². The summed E-state index contributed by atoms with van der Waals surface area (Å²) < 4.78 is 0. The number of nitrogens with zero attached hydrogens (tertiary/aromatic N) is 1. The van der Waals surface area contributed by atoms with Gasteiger partial charge in [-0.1, -0.05) is 23.7 Å². The smallest absolute Gasteiger partial charge is 0.246 e. The molecule has 18 heavy (non-hydrogen) atoms. The molecule has 0 atom stereocenters. The first-order valence-corrected chi connectivity index (χ1v) is 5.99. The highest BCUT2D eigenvalue weighted by Gasteiger charge is 2.08. The van der Waals surface area contributed by atoms with E-state index in [4.69, 9.17) is 21.8 Å². The summed E-state index contributed by atoms with van der Waals surface area (Å²) in [7, 11) is 0. The van der Waals surface area contributed by atoms with Crippen LogP contribution in [0.2, 0.25) is 5.02 Å². The molecular weight excluding hydrogens is 254 g/mol. The van der Waals surface area contributed by atoms with E-state index in [1.165, 1.54) is 11.0 Å². The molecule has 4 nitrogen and oxygen atoms in total. The summed E-state index contributed by atoms with van der Waals surface area (Å²) in [5.74, 6) is -0.243. The molecule has 1 rings (SSSR count). The molecule has 0 unspecified atom stereocenters. The van der Waals surface area contributed by atoms with E-state index in [-0.39, 0.29) is 32.2 Å². The number of carbonyl (C=O) groups is 1. The van der Waals surface area contributed by atoms with Gasteiger partial charge in [-0.2, -0.15) is 0 Å². The zero-order valence-corrected chi connectivity index (χ0v) is 10.7. The van der Waals surface area contributed by atoms with Crippen LogP contribution in [0.3, 0.4) is 0 Å². The number of aliphatic hydroxyl groups excluding tert-OH is 2. The third kappa shape index (κ3) is 4.87. The molecule has 0 aliphatic rings. The average Bonchev–Trinajstić information content (AvgIpc) is 2.37. The number of aliphatic hydroxyl groups is 2. The second-order valence-corrected chi connectivity index (χ2v) is 4.09. The molecule has 0 radical (unpaired) electrons. The summed E-state index contributed by atoms with van der Waals surface area (Å²) in [5.41, 5.74) is 0.862. The van der Waals surface area contributed by atoms with Crippen molar-refractivity contribution in [2.75, 3.05) is 26.3 Å². The number of hydrogen-bond donors (Lipinski definition) is 2. The second-order valence-electron chi connectivity index (χ2n) is 3.66. The molecule has 0 aromatic heterocycles. The Balaban J connectivity index is 2.63. The quantitative estimate of drug-likeness (QED) is 0.762. The van der Waals surface area contributed by atoms with Crippen molar-refractivity contribution in [2.45, 2.75) is 0 Å². The summed E-state index contributed by atoms with van der Waals surface area (Å²) in [6.07, 6.45) is 3.08. The first-order valence-electron chi connectivity index (χ1n) is 5.61. The van der Waals surface area contributed by atoms with E-state index in [1.54, 1.807) is 30.3 Å². The minimum atomic E-state index is -0.243. The standard InChI is InChI=1S/C13H16ClNO3/c14-12-4-1-11(2-5-12)3-6-13(18)15(7-9-16)8-10-17/h1-6,16-17H,7-10H2/b6-3+. The van der Waals surface area contributed by atoms with Gasteiger partial charge in [0, 0.05) is 24.2 Å². The van der Waals surface area contributed by atoms with Gasteiger partial charge in [-0.3, -0.25) is 4.79 Å². The average molecular weight is 270 g/mol. The summed E-state index contributed by atoms with van der Waals surface area (Å²) in [4.78, 5) is 13.1. The summed E-state index contributed by atoms with van der Waals surface area (Å²) in [6, 6.07) is 7.08. The van der Waals surface area contributed by atoms with Crippen LogP contribution in [-0.2, 0) is 4.79 Å². The highest BCUT2D eigenvalue weighted by Crippen LogP contribution is 2.10. The Labute approximate surface area is 111 Å². The molecule has 0 saturated carbocycles. The van der Waals surface area contributed by atoms with E-state index < -0.39 is 0 Å². The molecule has 0 fully saturated rings. The summed E-state index contributed by atoms with van der Waals surface area (Å²) in [5, 5.41) is 18.3. The van der Waals surface area contributed by atoms with E-state index >= 15 is 0 Å². The maximum Gasteiger partial charge on any atom is 0.246 e. The molecular formula is C13H16ClNO3. The van der Waals surface area contributed by atoms with E-state index in [1.807, 2.05) is 0 Å². The Bertz CT molecular complexity index is 397. The van der Waals surface area contributed by atoms with Gasteiger partial charge in [0.2, 0.25) is 5.91 Å². The fraction of sp³-hybridized carbons (Fsp3) is 0.308. The number of halogens is 1. The van der Waals surface area contributed by atoms with Gasteiger partial charge in [0.25, 0.3) is 0 Å². The Morgan fingerprint density at radius 1 is 1.17 bits per heavy atom. The van der Waals surface area contributed by atoms with Crippen LogP contribution >= 0.6 is 11.6 Å². The van der Waals surface area contributed by atoms with Gasteiger partial charge in [-0.15, -0.1) is 0 Å². The molecule has 1 amide bonds. The topological polar surface area (TPSA) is 60.8 Å². The number of amides is 1. The highest BCUT2D eigenvalue weighted by molar-refractivity contribution is 6.30. The van der Waals surface area contributed by atoms with Gasteiger partial charge >= 0.3 is 0 Å². The first-order chi connectivity index (χ1) is 8.67. The van der Waals surface area contributed by atoms with Crippen LogP contribution in [0.5, 0.6) is 0 Å². The Kier molecular flexibility index (Phi) is 6.43. The SMILES string of the molecule is O=C(/C=C/c1ccc(Cl)cc1)N(CCO)CCO. The maximum absolute atomic E-state index is 11.8. The molecule has 1 aromatic rings. The fourth-order valence-electron chi connectivity index (χ4n) is 1.42. The predicted molar refractivity (Wildman–Crippen MR) is 71.2 cm³/mol. The van der Waals surface area contributed by atoms with E-state index in [9.17, 15) is 4.79 Å². The van der Waals surface area contributed by atoms with Crippen LogP contribution in [0.15, 0.2) is 30.3 Å². The van der Waals surface area contributed by atoms with Crippen LogP contribution in [0, 0.1) is 0 Å². The number of benzene rings is 1. The van der Waals surface area contributed by atoms with Crippen LogP contribution < -0.4 is 0 Å². The zero-order chi connectivity index (χ0) is 13.4. The van der Waals surface area contributed by atoms with Crippen molar-refractivity contribution < 1.29 is 15.0 Å². The molecule has 0 heterocycles. The molecule has 0 bridgehead atoms. The Morgan fingerprint density at radius 2 is 1.72 bits per heavy atom. The molecule has 1 aromatic carbocycles. The lowest BCUT2D eigenvalue weighted by atomic mass is 10.2. The van der Waals surface area contributed by atoms with Crippen molar-refractivity contribution in [3.8, 4) is 0 Å². The minimum Gasteiger partial charge on any atom is -0.395 e. The van der Waals surface area contributed by atoms with Gasteiger partial charge in [-0.05, 0) is 23.8 Å². The molecule has 2 N–H and O–H groups in total. The van der Waals surface area contributed by atoms with E-state index in [0.717, 1.165) is 5.56 Å². The van der Waals surface area contributed by atoms with Crippen LogP contribution in [-0.4, -0.2) is 47.3 Å². The van der Waals surface area contributed by atoms with Crippen molar-refractivity contribution in [3.63, 3.8) is 0 Å². The second kappa shape index (κ2) is 7.87. The molecule has 98 valence electrons. The largest absolute Gasteiger partial charge is 0.395 e. The van der Waals surface area contributed by atoms with Crippen LogP contribution in [0.4, 0.5) is 0 Å². The molecule has 0 saturated heterocycles. The van der Waals surface area contributed by atoms with Crippen molar-refractivity contribution in [2.24, 2.45) is 0 Å². The zero-order valence-electron chi connectivity index (χ0n) is 9.92. The predicted octanol–water partition coefficient (Wildman–Crippen LogP) is 1.17. The van der Waals surface area contributed by atoms with E-state index in [2.05, 4.69) is 0 Å². The summed E-state index contributed by atoms with van der Waals surface area (Å²) in [6.45, 7) is 0.176. The normalized spacial score (nSPS) is 10.8. The molecule has 0 spiro atoms.